The number of benzene rings is 3. The summed E-state index contributed by atoms with van der Waals surface area (Å²) in [6.45, 7) is 3.63. The predicted octanol–water partition coefficient (Wildman–Crippen LogP) is 1.16. The van der Waals surface area contributed by atoms with E-state index in [4.69, 9.17) is 0 Å². The smallest absolute Gasteiger partial charge is 0.357 e. The molecule has 0 fully saturated rings. The lowest BCUT2D eigenvalue weighted by Crippen LogP contribution is -3.61. The number of aryl methyl sites for hydroxylation is 2. The maximum atomic E-state index is 13.0. The van der Waals surface area contributed by atoms with Crippen LogP contribution in [0.1, 0.15) is 11.1 Å². The molecule has 3 nitrogen and oxygen atoms in total. The molecule has 0 aliphatic carbocycles. The Bertz CT molecular complexity index is 956. The Labute approximate surface area is 163 Å². The summed E-state index contributed by atoms with van der Waals surface area (Å²) < 4.78 is 46.8. The molecular formula is C20H18FIO3S. The van der Waals surface area contributed by atoms with E-state index in [1.807, 2.05) is 44.2 Å². The Kier molecular flexibility index (Phi) is 7.31. The molecule has 0 radical (unpaired) electrons. The third kappa shape index (κ3) is 6.51. The Morgan fingerprint density at radius 2 is 1.46 bits per heavy atom. The van der Waals surface area contributed by atoms with Gasteiger partial charge in [-0.1, -0.05) is 35.9 Å². The normalized spacial score (nSPS) is 10.8. The highest BCUT2D eigenvalue weighted by Gasteiger charge is 2.15. The lowest BCUT2D eigenvalue weighted by molar-refractivity contribution is -0.597. The lowest BCUT2D eigenvalue weighted by Gasteiger charge is -2.05. The van der Waals surface area contributed by atoms with E-state index >= 15 is 0 Å². The molecule has 0 N–H and O–H groups in total. The summed E-state index contributed by atoms with van der Waals surface area (Å²) in [6.07, 6.45) is 0. The van der Waals surface area contributed by atoms with Crippen LogP contribution in [-0.2, 0) is 10.1 Å². The zero-order valence-electron chi connectivity index (χ0n) is 14.3. The van der Waals surface area contributed by atoms with Crippen molar-refractivity contribution < 1.29 is 38.6 Å². The fourth-order valence-corrected chi connectivity index (χ4v) is 4.92. The third-order valence-corrected chi connectivity index (χ3v) is 6.87. The van der Waals surface area contributed by atoms with E-state index in [1.54, 1.807) is 18.2 Å². The highest BCUT2D eigenvalue weighted by molar-refractivity contribution is 7.85. The van der Waals surface area contributed by atoms with Gasteiger partial charge >= 0.3 is 21.2 Å². The molecule has 0 aromatic heterocycles. The van der Waals surface area contributed by atoms with Gasteiger partial charge in [0.2, 0.25) is 0 Å². The third-order valence-electron chi connectivity index (χ3n) is 3.38. The fourth-order valence-electron chi connectivity index (χ4n) is 1.98. The minimum atomic E-state index is -4.27. The van der Waals surface area contributed by atoms with Crippen molar-refractivity contribution in [2.45, 2.75) is 18.7 Å². The fraction of sp³-hybridized carbons (Fsp3) is 0.100. The average molecular weight is 484 g/mol. The van der Waals surface area contributed by atoms with Crippen LogP contribution in [0.2, 0.25) is 0 Å². The van der Waals surface area contributed by atoms with E-state index < -0.39 is 10.1 Å². The minimum Gasteiger partial charge on any atom is -0.744 e. The van der Waals surface area contributed by atoms with Crippen LogP contribution in [0, 0.1) is 26.8 Å². The Hall–Kier alpha value is -1.77. The predicted molar refractivity (Wildman–Crippen MR) is 94.1 cm³/mol. The SMILES string of the molecule is Cc1cc([I+]c2ccccc2)ccc1F.Cc1ccc(S(=O)(=O)[O-])cc1. The summed E-state index contributed by atoms with van der Waals surface area (Å²) in [5.41, 5.74) is 1.67. The molecule has 0 unspecified atom stereocenters. The molecule has 0 saturated heterocycles. The molecule has 6 heteroatoms. The van der Waals surface area contributed by atoms with Crippen molar-refractivity contribution >= 4 is 10.1 Å². The van der Waals surface area contributed by atoms with Gasteiger partial charge in [0.25, 0.3) is 0 Å². The van der Waals surface area contributed by atoms with Gasteiger partial charge in [-0.2, -0.15) is 0 Å². The zero-order chi connectivity index (χ0) is 19.2. The summed E-state index contributed by atoms with van der Waals surface area (Å²) in [4.78, 5) is -0.178. The first-order valence-corrected chi connectivity index (χ1v) is 11.3. The standard InChI is InChI=1S/C13H11FI.C7H8O3S/c1-10-9-12(7-8-13(10)14)15-11-5-3-2-4-6-11;1-6-2-4-7(5-3-6)11(8,9)10/h2-9H,1H3;2-5H,1H3,(H,8,9,10)/q+1;/p-1. The molecule has 3 rings (SSSR count). The number of halogens is 2. The van der Waals surface area contributed by atoms with E-state index in [0.29, 0.717) is 0 Å². The summed E-state index contributed by atoms with van der Waals surface area (Å²) in [7, 11) is -4.27. The van der Waals surface area contributed by atoms with Crippen molar-refractivity contribution in [3.63, 3.8) is 0 Å². The van der Waals surface area contributed by atoms with Crippen LogP contribution in [0.15, 0.2) is 77.7 Å². The zero-order valence-corrected chi connectivity index (χ0v) is 17.3. The van der Waals surface area contributed by atoms with Crippen LogP contribution in [0.3, 0.4) is 0 Å². The summed E-state index contributed by atoms with van der Waals surface area (Å²) >= 11 is -0.168. The summed E-state index contributed by atoms with van der Waals surface area (Å²) in [5.74, 6) is -0.115. The molecule has 0 saturated carbocycles. The van der Waals surface area contributed by atoms with Crippen LogP contribution >= 0.6 is 0 Å². The van der Waals surface area contributed by atoms with E-state index in [9.17, 15) is 17.4 Å². The van der Waals surface area contributed by atoms with Gasteiger partial charge in [-0.15, -0.1) is 0 Å². The summed E-state index contributed by atoms with van der Waals surface area (Å²) in [5, 5.41) is 0. The second-order valence-corrected chi connectivity index (χ2v) is 9.96. The molecule has 0 spiro atoms. The first kappa shape index (κ1) is 20.5. The molecule has 26 heavy (non-hydrogen) atoms. The van der Waals surface area contributed by atoms with Gasteiger partial charge in [-0.25, -0.2) is 12.8 Å². The van der Waals surface area contributed by atoms with Crippen molar-refractivity contribution in [3.8, 4) is 0 Å². The van der Waals surface area contributed by atoms with E-state index in [0.717, 1.165) is 11.1 Å². The highest BCUT2D eigenvalue weighted by Crippen LogP contribution is 2.08. The van der Waals surface area contributed by atoms with Crippen molar-refractivity contribution in [1.29, 1.82) is 0 Å². The first-order valence-electron chi connectivity index (χ1n) is 7.74. The molecule has 0 bridgehead atoms. The molecule has 3 aromatic carbocycles. The summed E-state index contributed by atoms with van der Waals surface area (Å²) in [6, 6.07) is 21.6. The van der Waals surface area contributed by atoms with Gasteiger partial charge in [0.05, 0.1) is 4.90 Å². The van der Waals surface area contributed by atoms with Crippen molar-refractivity contribution in [1.82, 2.24) is 0 Å². The van der Waals surface area contributed by atoms with Crippen molar-refractivity contribution in [3.05, 3.63) is 96.9 Å². The molecule has 0 aliphatic rings. The van der Waals surface area contributed by atoms with E-state index in [1.165, 1.54) is 19.3 Å². The lowest BCUT2D eigenvalue weighted by atomic mass is 10.2. The highest BCUT2D eigenvalue weighted by atomic mass is 127. The maximum Gasteiger partial charge on any atom is 0.357 e. The second-order valence-electron chi connectivity index (χ2n) is 5.55. The monoisotopic (exact) mass is 484 g/mol. The molecule has 0 amide bonds. The van der Waals surface area contributed by atoms with Crippen molar-refractivity contribution in [2.24, 2.45) is 0 Å². The molecule has 136 valence electrons. The van der Waals surface area contributed by atoms with Gasteiger partial charge in [0.1, 0.15) is 15.9 Å². The van der Waals surface area contributed by atoms with Gasteiger partial charge in [0, 0.05) is 0 Å². The molecule has 0 atom stereocenters. The van der Waals surface area contributed by atoms with Crippen LogP contribution in [0.5, 0.6) is 0 Å². The first-order chi connectivity index (χ1) is 12.3. The van der Waals surface area contributed by atoms with Crippen LogP contribution < -0.4 is 21.2 Å². The molecule has 0 aliphatic heterocycles. The van der Waals surface area contributed by atoms with Gasteiger partial charge in [0.15, 0.2) is 7.14 Å². The Morgan fingerprint density at radius 1 is 0.846 bits per heavy atom. The molecular weight excluding hydrogens is 466 g/mol. The van der Waals surface area contributed by atoms with E-state index in [-0.39, 0.29) is 31.9 Å². The van der Waals surface area contributed by atoms with Crippen molar-refractivity contribution in [2.75, 3.05) is 0 Å². The van der Waals surface area contributed by atoms with Gasteiger partial charge in [-0.3, -0.25) is 0 Å². The molecule has 3 aromatic rings. The minimum absolute atomic E-state index is 0.115. The van der Waals surface area contributed by atoms with Crippen LogP contribution in [-0.4, -0.2) is 13.0 Å². The quantitative estimate of drug-likeness (QED) is 0.415. The second kappa shape index (κ2) is 9.25. The number of hydrogen-bond donors (Lipinski definition) is 0. The van der Waals surface area contributed by atoms with Gasteiger partial charge < -0.3 is 4.55 Å². The average Bonchev–Trinajstić information content (AvgIpc) is 2.59. The van der Waals surface area contributed by atoms with Crippen LogP contribution in [0.4, 0.5) is 4.39 Å². The Balaban J connectivity index is 0.000000197. The van der Waals surface area contributed by atoms with E-state index in [2.05, 4.69) is 12.1 Å². The maximum absolute atomic E-state index is 13.0. The number of rotatable bonds is 3. The molecule has 0 heterocycles. The van der Waals surface area contributed by atoms with Crippen LogP contribution in [0.25, 0.3) is 0 Å². The Morgan fingerprint density at radius 3 is 2.00 bits per heavy atom. The topological polar surface area (TPSA) is 57.2 Å². The van der Waals surface area contributed by atoms with Gasteiger partial charge in [-0.05, 0) is 61.9 Å². The largest absolute Gasteiger partial charge is 0.744 e. The number of hydrogen-bond acceptors (Lipinski definition) is 3.